The third kappa shape index (κ3) is 10.1. The SMILES string of the molecule is CC1(C)C(/C=C/C2=C3C4=C(/C(=C/C=C5/N(CCCCS(=O)(=O)ON)c6ccc(S(=O)(=O)ON)cc6C5(C)C)CCC4CC2)c2ccccc23)=[N+](CCCCS(=O)(=O)O)c2ccc(NS(=O)(=O)O)cc21. The molecule has 5 aliphatic rings. The van der Waals surface area contributed by atoms with Gasteiger partial charge in [0.05, 0.1) is 27.5 Å². The highest BCUT2D eigenvalue weighted by atomic mass is 32.2. The quantitative estimate of drug-likeness (QED) is 0.0368. The van der Waals surface area contributed by atoms with Crippen LogP contribution in [0.4, 0.5) is 17.1 Å². The van der Waals surface area contributed by atoms with Crippen LogP contribution in [0.1, 0.15) is 101 Å². The Balaban J connectivity index is 1.20. The number of hydrogen-bond acceptors (Lipinski definition) is 13. The van der Waals surface area contributed by atoms with Crippen LogP contribution in [-0.2, 0) is 60.1 Å². The van der Waals surface area contributed by atoms with Gasteiger partial charge in [-0.15, -0.1) is 0 Å². The Morgan fingerprint density at radius 3 is 2.14 bits per heavy atom. The summed E-state index contributed by atoms with van der Waals surface area (Å²) in [6.07, 6.45) is 13.5. The topological polar surface area (TPSA) is 266 Å². The van der Waals surface area contributed by atoms with Gasteiger partial charge in [0.15, 0.2) is 5.71 Å². The molecule has 0 fully saturated rings. The van der Waals surface area contributed by atoms with Crippen molar-refractivity contribution in [3.63, 3.8) is 0 Å². The highest BCUT2D eigenvalue weighted by molar-refractivity contribution is 7.87. The summed E-state index contributed by atoms with van der Waals surface area (Å²) in [6.45, 7) is 8.97. The van der Waals surface area contributed by atoms with E-state index in [2.05, 4.69) is 59.2 Å². The number of fused-ring (bicyclic) bond motifs is 5. The molecule has 0 spiro atoms. The Bertz CT molecular complexity index is 3280. The molecule has 1 atom stereocenters. The van der Waals surface area contributed by atoms with Crippen LogP contribution >= 0.6 is 0 Å². The summed E-state index contributed by atoms with van der Waals surface area (Å²) in [5, 5.41) is 0. The number of rotatable bonds is 18. The summed E-state index contributed by atoms with van der Waals surface area (Å²) in [5.41, 5.74) is 12.1. The van der Waals surface area contributed by atoms with Crippen molar-refractivity contribution in [2.45, 2.75) is 94.8 Å². The third-order valence-corrected chi connectivity index (χ3v) is 17.6. The number of allylic oxidation sites excluding steroid dienone is 10. The first kappa shape index (κ1) is 50.6. The predicted octanol–water partition coefficient (Wildman–Crippen LogP) is 7.11. The predicted molar refractivity (Wildman–Crippen MR) is 265 cm³/mol. The second-order valence-electron chi connectivity index (χ2n) is 19.1. The van der Waals surface area contributed by atoms with Gasteiger partial charge >= 0.3 is 20.4 Å². The highest BCUT2D eigenvalue weighted by Gasteiger charge is 2.46. The largest absolute Gasteiger partial charge is 0.357 e. The van der Waals surface area contributed by atoms with E-state index in [1.807, 2.05) is 39.8 Å². The number of anilines is 2. The van der Waals surface area contributed by atoms with Crippen molar-refractivity contribution in [3.05, 3.63) is 130 Å². The van der Waals surface area contributed by atoms with Gasteiger partial charge in [0.1, 0.15) is 6.54 Å². The molecule has 0 saturated carbocycles. The maximum Gasteiger partial charge on any atom is 0.357 e. The van der Waals surface area contributed by atoms with Gasteiger partial charge in [-0.1, -0.05) is 50.3 Å². The molecular weight excluding hydrogens is 967 g/mol. The van der Waals surface area contributed by atoms with Crippen LogP contribution < -0.4 is 21.4 Å². The van der Waals surface area contributed by atoms with E-state index in [-0.39, 0.29) is 34.9 Å². The molecule has 0 bridgehead atoms. The molecule has 21 heteroatoms. The molecule has 1 unspecified atom stereocenters. The van der Waals surface area contributed by atoms with Crippen LogP contribution in [0, 0.1) is 5.92 Å². The fourth-order valence-corrected chi connectivity index (χ4v) is 13.1. The number of nitrogens with one attached hydrogen (secondary N) is 1. The summed E-state index contributed by atoms with van der Waals surface area (Å²) in [4.78, 5) is 2.02. The molecule has 0 amide bonds. The first-order valence-corrected chi connectivity index (χ1v) is 28.7. The Morgan fingerprint density at radius 2 is 1.46 bits per heavy atom. The number of hydrogen-bond donors (Lipinski definition) is 5. The first-order valence-electron chi connectivity index (χ1n) is 22.7. The summed E-state index contributed by atoms with van der Waals surface area (Å²) >= 11 is 0. The summed E-state index contributed by atoms with van der Waals surface area (Å²) in [6, 6.07) is 18.2. The monoisotopic (exact) mass is 1020 g/mol. The molecule has 0 radical (unpaired) electrons. The number of nitrogens with zero attached hydrogens (tertiary/aromatic N) is 2. The van der Waals surface area contributed by atoms with Crippen molar-refractivity contribution < 1.29 is 55.9 Å². The minimum Gasteiger partial charge on any atom is -0.344 e. The van der Waals surface area contributed by atoms with Gasteiger partial charge < -0.3 is 4.90 Å². The van der Waals surface area contributed by atoms with Crippen LogP contribution in [0.15, 0.2) is 112 Å². The van der Waals surface area contributed by atoms with E-state index in [9.17, 15) is 42.8 Å². The molecular formula is C48H58N5O12S4+. The van der Waals surface area contributed by atoms with Crippen LogP contribution in [0.3, 0.4) is 0 Å². The normalized spacial score (nSPS) is 20.9. The van der Waals surface area contributed by atoms with E-state index in [4.69, 9.17) is 11.8 Å². The van der Waals surface area contributed by atoms with Gasteiger partial charge in [-0.2, -0.15) is 58.6 Å². The summed E-state index contributed by atoms with van der Waals surface area (Å²) in [5.74, 6) is 9.84. The lowest BCUT2D eigenvalue weighted by molar-refractivity contribution is -0.438. The first-order chi connectivity index (χ1) is 32.4. The smallest absolute Gasteiger partial charge is 0.344 e. The maximum absolute atomic E-state index is 12.7. The minimum absolute atomic E-state index is 0.0817. The van der Waals surface area contributed by atoms with Crippen molar-refractivity contribution in [3.8, 4) is 0 Å². The number of benzene rings is 3. The molecule has 370 valence electrons. The maximum atomic E-state index is 12.7. The molecule has 2 aliphatic heterocycles. The van der Waals surface area contributed by atoms with Gasteiger partial charge in [0.2, 0.25) is 5.69 Å². The zero-order valence-corrected chi connectivity index (χ0v) is 42.1. The lowest BCUT2D eigenvalue weighted by atomic mass is 9.72. The molecule has 0 saturated heterocycles. The van der Waals surface area contributed by atoms with Crippen LogP contribution in [-0.4, -0.2) is 77.7 Å². The van der Waals surface area contributed by atoms with Crippen molar-refractivity contribution in [1.29, 1.82) is 0 Å². The molecule has 0 aromatic heterocycles. The van der Waals surface area contributed by atoms with E-state index >= 15 is 0 Å². The molecule has 69 heavy (non-hydrogen) atoms. The van der Waals surface area contributed by atoms with Crippen molar-refractivity contribution in [1.82, 2.24) is 0 Å². The second kappa shape index (κ2) is 18.7. The zero-order chi connectivity index (χ0) is 49.9. The molecule has 8 rings (SSSR count). The van der Waals surface area contributed by atoms with Crippen LogP contribution in [0.5, 0.6) is 0 Å². The fraction of sp³-hybridized carbons (Fsp3) is 0.396. The molecule has 17 nitrogen and oxygen atoms in total. The van der Waals surface area contributed by atoms with E-state index in [1.54, 1.807) is 30.3 Å². The Kier molecular flexibility index (Phi) is 13.7. The van der Waals surface area contributed by atoms with Crippen molar-refractivity contribution in [2.75, 3.05) is 34.2 Å². The Labute approximate surface area is 404 Å². The highest BCUT2D eigenvalue weighted by Crippen LogP contribution is 2.58. The Morgan fingerprint density at radius 1 is 0.768 bits per heavy atom. The van der Waals surface area contributed by atoms with Gasteiger partial charge in [0, 0.05) is 47.5 Å². The summed E-state index contributed by atoms with van der Waals surface area (Å²) in [7, 11) is -16.8. The third-order valence-electron chi connectivity index (χ3n) is 14.1. The summed E-state index contributed by atoms with van der Waals surface area (Å²) < 4.78 is 128. The van der Waals surface area contributed by atoms with E-state index in [1.165, 1.54) is 22.8 Å². The molecule has 3 aromatic carbocycles. The lowest BCUT2D eigenvalue weighted by Crippen LogP contribution is -2.28. The van der Waals surface area contributed by atoms with Gasteiger partial charge in [-0.05, 0) is 146 Å². The molecule has 3 aromatic rings. The van der Waals surface area contributed by atoms with E-state index in [0.717, 1.165) is 81.9 Å². The second-order valence-corrected chi connectivity index (χ2v) is 25.1. The van der Waals surface area contributed by atoms with Gasteiger partial charge in [0.25, 0.3) is 20.2 Å². The zero-order valence-electron chi connectivity index (χ0n) is 38.8. The average Bonchev–Trinajstić information content (AvgIpc) is 3.82. The van der Waals surface area contributed by atoms with E-state index < -0.39 is 51.5 Å². The minimum atomic E-state index is -4.54. The number of nitrogens with two attached hydrogens (primary N) is 2. The fourth-order valence-electron chi connectivity index (χ4n) is 10.9. The van der Waals surface area contributed by atoms with E-state index in [0.29, 0.717) is 31.8 Å². The van der Waals surface area contributed by atoms with Crippen molar-refractivity contribution in [2.24, 2.45) is 17.7 Å². The Hall–Kier alpha value is -4.81. The van der Waals surface area contributed by atoms with Gasteiger partial charge in [-0.25, -0.2) is 0 Å². The van der Waals surface area contributed by atoms with Crippen LogP contribution in [0.2, 0.25) is 0 Å². The van der Waals surface area contributed by atoms with Gasteiger partial charge in [-0.3, -0.25) is 13.8 Å². The molecule has 3 aliphatic carbocycles. The van der Waals surface area contributed by atoms with Crippen molar-refractivity contribution >= 4 is 74.6 Å². The average molecular weight is 1030 g/mol. The molecule has 2 heterocycles. The molecule has 7 N–H and O–H groups in total. The standard InChI is InChI=1S/C48H57N5O12S4/c1-47(2)38-29-34(51-69(61,62)63)19-21-40(38)52(25-7-9-27-66(54,55)56)42(47)23-17-31-13-15-33-16-14-32(45-37-12-6-5-11-36(37)44(31)46(33)45)18-24-43-48(3,4)39-30-35(68(59,60)65-50)20-22-41(39)53(43)26-8-10-28-67(57,58)64-49/h5-6,11-12,17-24,29-30,33,51H,7-10,13-16,25-28,49-50H2,1-4H3,(H-,54,55,56,61,62,63)/p+1. The number of unbranched alkanes of at least 4 members (excludes halogenated alkanes) is 2. The van der Waals surface area contributed by atoms with Crippen LogP contribution in [0.25, 0.3) is 11.1 Å². The lowest BCUT2D eigenvalue weighted by Gasteiger charge is -2.32.